The predicted molar refractivity (Wildman–Crippen MR) is 171 cm³/mol. The van der Waals surface area contributed by atoms with E-state index in [2.05, 4.69) is 10.3 Å². The summed E-state index contributed by atoms with van der Waals surface area (Å²) in [6, 6.07) is 16.4. The maximum atomic E-state index is 13.8. The Labute approximate surface area is 259 Å². The second kappa shape index (κ2) is 11.6. The van der Waals surface area contributed by atoms with Gasteiger partial charge in [0.05, 0.1) is 30.1 Å². The highest BCUT2D eigenvalue weighted by atomic mass is 32.2. The Balaban J connectivity index is 1.45. The summed E-state index contributed by atoms with van der Waals surface area (Å²) in [5.41, 5.74) is 3.28. The normalized spacial score (nSPS) is 15.4. The zero-order chi connectivity index (χ0) is 32.0. The first kappa shape index (κ1) is 30.2. The highest BCUT2D eigenvalue weighted by Gasteiger charge is 2.32. The number of halogens is 1. The van der Waals surface area contributed by atoms with E-state index in [1.165, 1.54) is 42.7 Å². The van der Waals surface area contributed by atoms with Crippen molar-refractivity contribution in [2.75, 3.05) is 44.9 Å². The zero-order valence-corrected chi connectivity index (χ0v) is 26.1. The number of carbonyl (C=O) groups is 2. The van der Waals surface area contributed by atoms with Crippen LogP contribution in [0.3, 0.4) is 0 Å². The molecule has 1 aliphatic rings. The van der Waals surface area contributed by atoms with E-state index in [0.29, 0.717) is 65.2 Å². The van der Waals surface area contributed by atoms with Crippen LogP contribution in [0.1, 0.15) is 45.2 Å². The number of anilines is 1. The molecule has 45 heavy (non-hydrogen) atoms. The number of fused-ring (bicyclic) bond motifs is 2. The van der Waals surface area contributed by atoms with Gasteiger partial charge in [0.2, 0.25) is 10.0 Å². The molecule has 0 radical (unpaired) electrons. The molecule has 1 saturated heterocycles. The van der Waals surface area contributed by atoms with Gasteiger partial charge in [0.1, 0.15) is 28.6 Å². The largest absolute Gasteiger partial charge is 0.495 e. The zero-order valence-electron chi connectivity index (χ0n) is 25.3. The first-order valence-electron chi connectivity index (χ1n) is 14.5. The summed E-state index contributed by atoms with van der Waals surface area (Å²) in [7, 11) is 0.860. The van der Waals surface area contributed by atoms with E-state index in [9.17, 15) is 22.4 Å². The lowest BCUT2D eigenvalue weighted by atomic mass is 9.88. The standard InChI is InChI=1S/C33H33FN4O6S/c1-35-32(39)29-24-16-23(26(37(2)45(4,41)42)17-28(24)44-31(29)19-10-12-22(34)13-11-19)21-8-6-14-38(18-21)33(40)25-15-20-7-5-9-27(43-3)30(20)36-25/h5,7,9-13,15-17,21,36H,6,8,14,18H2,1-4H3,(H,35,39)/t21-/m1/s1. The minimum absolute atomic E-state index is 0.176. The van der Waals surface area contributed by atoms with Crippen LogP contribution in [0.15, 0.2) is 65.1 Å². The lowest BCUT2D eigenvalue weighted by Crippen LogP contribution is -2.39. The molecule has 2 N–H and O–H groups in total. The number of aromatic nitrogens is 1. The monoisotopic (exact) mass is 632 g/mol. The summed E-state index contributed by atoms with van der Waals surface area (Å²) in [4.78, 5) is 31.9. The van der Waals surface area contributed by atoms with Gasteiger partial charge in [-0.2, -0.15) is 0 Å². The predicted octanol–water partition coefficient (Wildman–Crippen LogP) is 5.50. The quantitative estimate of drug-likeness (QED) is 0.244. The fraction of sp³-hybridized carbons (Fsp3) is 0.273. The Morgan fingerprint density at radius 2 is 1.89 bits per heavy atom. The molecule has 234 valence electrons. The molecule has 2 aromatic heterocycles. The van der Waals surface area contributed by atoms with Crippen LogP contribution in [0, 0.1) is 5.82 Å². The number of piperidine rings is 1. The summed E-state index contributed by atoms with van der Waals surface area (Å²) >= 11 is 0. The molecule has 0 aliphatic carbocycles. The Morgan fingerprint density at radius 3 is 2.58 bits per heavy atom. The number of methoxy groups -OCH3 is 1. The van der Waals surface area contributed by atoms with Crippen molar-refractivity contribution in [1.82, 2.24) is 15.2 Å². The van der Waals surface area contributed by atoms with Crippen molar-refractivity contribution in [2.45, 2.75) is 18.8 Å². The second-order valence-electron chi connectivity index (χ2n) is 11.2. The molecule has 3 aromatic carbocycles. The van der Waals surface area contributed by atoms with Crippen molar-refractivity contribution in [3.8, 4) is 17.1 Å². The number of rotatable bonds is 7. The average molecular weight is 633 g/mol. The molecule has 12 heteroatoms. The summed E-state index contributed by atoms with van der Waals surface area (Å²) in [5.74, 6) is -0.380. The first-order chi connectivity index (χ1) is 21.5. The molecule has 0 spiro atoms. The second-order valence-corrected chi connectivity index (χ2v) is 13.2. The third kappa shape index (κ3) is 5.50. The Kier molecular flexibility index (Phi) is 7.77. The van der Waals surface area contributed by atoms with Crippen LogP contribution >= 0.6 is 0 Å². The van der Waals surface area contributed by atoms with Crippen LogP contribution in [0.2, 0.25) is 0 Å². The van der Waals surface area contributed by atoms with Crippen LogP contribution in [-0.4, -0.2) is 70.7 Å². The van der Waals surface area contributed by atoms with Crippen molar-refractivity contribution < 1.29 is 31.6 Å². The number of hydrogen-bond acceptors (Lipinski definition) is 6. The molecule has 0 saturated carbocycles. The van der Waals surface area contributed by atoms with Gasteiger partial charge >= 0.3 is 0 Å². The van der Waals surface area contributed by atoms with Crippen molar-refractivity contribution in [1.29, 1.82) is 0 Å². The number of sulfonamides is 1. The van der Waals surface area contributed by atoms with E-state index in [-0.39, 0.29) is 23.1 Å². The van der Waals surface area contributed by atoms with E-state index in [4.69, 9.17) is 9.15 Å². The molecular formula is C33H33FN4O6S. The highest BCUT2D eigenvalue weighted by molar-refractivity contribution is 7.92. The molecule has 3 heterocycles. The van der Waals surface area contributed by atoms with Gasteiger partial charge in [0.15, 0.2) is 0 Å². The van der Waals surface area contributed by atoms with Gasteiger partial charge in [0, 0.05) is 55.5 Å². The summed E-state index contributed by atoms with van der Waals surface area (Å²) in [5, 5.41) is 4.00. The van der Waals surface area contributed by atoms with Gasteiger partial charge in [0.25, 0.3) is 11.8 Å². The van der Waals surface area contributed by atoms with Crippen molar-refractivity contribution >= 4 is 49.4 Å². The maximum Gasteiger partial charge on any atom is 0.270 e. The lowest BCUT2D eigenvalue weighted by Gasteiger charge is -2.34. The minimum Gasteiger partial charge on any atom is -0.495 e. The maximum absolute atomic E-state index is 13.8. The molecule has 2 amide bonds. The number of hydrogen-bond donors (Lipinski definition) is 2. The highest BCUT2D eigenvalue weighted by Crippen LogP contribution is 2.42. The number of amides is 2. The van der Waals surface area contributed by atoms with Crippen LogP contribution < -0.4 is 14.4 Å². The Morgan fingerprint density at radius 1 is 1.13 bits per heavy atom. The van der Waals surface area contributed by atoms with Crippen LogP contribution in [-0.2, 0) is 10.0 Å². The molecule has 5 aromatic rings. The Hall–Kier alpha value is -4.84. The van der Waals surface area contributed by atoms with Gasteiger partial charge in [-0.25, -0.2) is 12.8 Å². The fourth-order valence-electron chi connectivity index (χ4n) is 6.08. The van der Waals surface area contributed by atoms with E-state index in [0.717, 1.165) is 17.2 Å². The lowest BCUT2D eigenvalue weighted by molar-refractivity contribution is 0.0702. The van der Waals surface area contributed by atoms with Gasteiger partial charge in [-0.05, 0) is 60.9 Å². The molecule has 6 rings (SSSR count). The average Bonchev–Trinajstić information content (AvgIpc) is 3.65. The van der Waals surface area contributed by atoms with Gasteiger partial charge < -0.3 is 24.4 Å². The number of aromatic amines is 1. The Bertz CT molecular complexity index is 2050. The third-order valence-electron chi connectivity index (χ3n) is 8.45. The van der Waals surface area contributed by atoms with Crippen LogP contribution in [0.5, 0.6) is 5.75 Å². The first-order valence-corrected chi connectivity index (χ1v) is 16.3. The molecule has 0 unspecified atom stereocenters. The van der Waals surface area contributed by atoms with E-state index in [1.807, 2.05) is 18.2 Å². The summed E-state index contributed by atoms with van der Waals surface area (Å²) < 4.78 is 52.1. The fourth-order valence-corrected chi connectivity index (χ4v) is 6.60. The number of benzene rings is 3. The number of H-pyrrole nitrogens is 1. The SMILES string of the molecule is CNC(=O)c1c(-c2ccc(F)cc2)oc2cc(N(C)S(C)(=O)=O)c([C@@H]3CCCN(C(=O)c4cc5cccc(OC)c5[nH]4)C3)cc12. The van der Waals surface area contributed by atoms with E-state index >= 15 is 0 Å². The summed E-state index contributed by atoms with van der Waals surface area (Å²) in [6.07, 6.45) is 2.50. The number of carbonyl (C=O) groups excluding carboxylic acids is 2. The molecule has 0 bridgehead atoms. The third-order valence-corrected chi connectivity index (χ3v) is 9.64. The van der Waals surface area contributed by atoms with Gasteiger partial charge in [-0.3, -0.25) is 13.9 Å². The van der Waals surface area contributed by atoms with Crippen molar-refractivity contribution in [2.24, 2.45) is 0 Å². The van der Waals surface area contributed by atoms with Gasteiger partial charge in [-0.1, -0.05) is 12.1 Å². The van der Waals surface area contributed by atoms with Crippen molar-refractivity contribution in [3.05, 3.63) is 83.3 Å². The molecule has 1 atom stereocenters. The van der Waals surface area contributed by atoms with Crippen LogP contribution in [0.25, 0.3) is 33.2 Å². The van der Waals surface area contributed by atoms with Crippen LogP contribution in [0.4, 0.5) is 10.1 Å². The number of nitrogens with one attached hydrogen (secondary N) is 2. The topological polar surface area (TPSA) is 125 Å². The molecule has 1 fully saturated rings. The molecule has 10 nitrogen and oxygen atoms in total. The molecule has 1 aliphatic heterocycles. The number of ether oxygens (including phenoxy) is 1. The smallest absolute Gasteiger partial charge is 0.270 e. The van der Waals surface area contributed by atoms with Gasteiger partial charge in [-0.15, -0.1) is 0 Å². The van der Waals surface area contributed by atoms with E-state index < -0.39 is 21.7 Å². The van der Waals surface area contributed by atoms with Crippen molar-refractivity contribution in [3.63, 3.8) is 0 Å². The number of likely N-dealkylation sites (tertiary alicyclic amines) is 1. The number of furan rings is 1. The number of para-hydroxylation sites is 1. The molecular weight excluding hydrogens is 599 g/mol. The summed E-state index contributed by atoms with van der Waals surface area (Å²) in [6.45, 7) is 0.866. The minimum atomic E-state index is -3.69. The van der Waals surface area contributed by atoms with E-state index in [1.54, 1.807) is 30.2 Å². The number of nitrogens with zero attached hydrogens (tertiary/aromatic N) is 2.